The smallest absolute Gasteiger partial charge is 0.123 e. The third-order valence-corrected chi connectivity index (χ3v) is 4.21. The molecule has 1 unspecified atom stereocenters. The lowest BCUT2D eigenvalue weighted by atomic mass is 10.1. The second kappa shape index (κ2) is 5.77. The summed E-state index contributed by atoms with van der Waals surface area (Å²) in [6.45, 7) is 1.89. The Hall–Kier alpha value is -1.99. The Kier molecular flexibility index (Phi) is 4.08. The summed E-state index contributed by atoms with van der Waals surface area (Å²) >= 11 is 0. The largest absolute Gasteiger partial charge is 0.254 e. The average molecular weight is 273 g/mol. The fourth-order valence-electron chi connectivity index (χ4n) is 1.74. The summed E-state index contributed by atoms with van der Waals surface area (Å²) < 4.78 is 25.0. The van der Waals surface area contributed by atoms with E-state index in [9.17, 15) is 8.60 Å². The van der Waals surface area contributed by atoms with E-state index in [1.54, 1.807) is 12.1 Å². The summed E-state index contributed by atoms with van der Waals surface area (Å²) in [6, 6.07) is 13.0. The van der Waals surface area contributed by atoms with Crippen LogP contribution < -0.4 is 0 Å². The van der Waals surface area contributed by atoms with Gasteiger partial charge >= 0.3 is 0 Å². The first kappa shape index (κ1) is 13.4. The fraction of sp³-hybridized carbons (Fsp3) is 0.133. The lowest BCUT2D eigenvalue weighted by molar-refractivity contribution is 0.626. The predicted molar refractivity (Wildman–Crippen MR) is 72.4 cm³/mol. The normalized spacial score (nSPS) is 11.8. The van der Waals surface area contributed by atoms with Crippen LogP contribution >= 0.6 is 0 Å². The van der Waals surface area contributed by atoms with Crippen molar-refractivity contribution in [1.29, 1.82) is 5.26 Å². The Balaban J connectivity index is 2.20. The van der Waals surface area contributed by atoms with Crippen LogP contribution in [0.25, 0.3) is 0 Å². The van der Waals surface area contributed by atoms with Gasteiger partial charge in [0.2, 0.25) is 0 Å². The predicted octanol–water partition coefficient (Wildman–Crippen LogP) is 3.31. The van der Waals surface area contributed by atoms with Crippen LogP contribution in [-0.4, -0.2) is 4.21 Å². The maximum absolute atomic E-state index is 12.8. The standard InChI is InChI=1S/C15H12FNOS/c1-11-8-12(9-17)2-3-13(11)10-19(18)15-6-4-14(16)5-7-15/h2-8H,10H2,1H3. The Labute approximate surface area is 114 Å². The zero-order valence-corrected chi connectivity index (χ0v) is 11.2. The summed E-state index contributed by atoms with van der Waals surface area (Å²) in [4.78, 5) is 0.602. The van der Waals surface area contributed by atoms with Crippen molar-refractivity contribution in [1.82, 2.24) is 0 Å². The molecule has 2 aromatic carbocycles. The Bertz CT molecular complexity index is 659. The van der Waals surface area contributed by atoms with Crippen LogP contribution in [0.4, 0.5) is 4.39 Å². The topological polar surface area (TPSA) is 40.9 Å². The molecule has 96 valence electrons. The molecule has 2 nitrogen and oxygen atoms in total. The van der Waals surface area contributed by atoms with Gasteiger partial charge in [0.25, 0.3) is 0 Å². The molecule has 0 aliphatic rings. The molecule has 4 heteroatoms. The molecule has 2 rings (SSSR count). The third kappa shape index (κ3) is 3.27. The number of nitriles is 1. The zero-order valence-electron chi connectivity index (χ0n) is 10.4. The molecule has 0 bridgehead atoms. The van der Waals surface area contributed by atoms with Crippen LogP contribution in [0.3, 0.4) is 0 Å². The second-order valence-electron chi connectivity index (χ2n) is 4.20. The van der Waals surface area contributed by atoms with Crippen molar-refractivity contribution < 1.29 is 8.60 Å². The lowest BCUT2D eigenvalue weighted by Crippen LogP contribution is -1.99. The first-order chi connectivity index (χ1) is 9.10. The van der Waals surface area contributed by atoms with E-state index in [1.807, 2.05) is 13.0 Å². The molecule has 0 radical (unpaired) electrons. The number of halogens is 1. The summed E-state index contributed by atoms with van der Waals surface area (Å²) in [5, 5.41) is 8.79. The SMILES string of the molecule is Cc1cc(C#N)ccc1CS(=O)c1ccc(F)cc1. The number of benzene rings is 2. The highest BCUT2D eigenvalue weighted by atomic mass is 32.2. The minimum absolute atomic E-state index is 0.338. The molecule has 1 atom stereocenters. The molecule has 0 N–H and O–H groups in total. The Morgan fingerprint density at radius 1 is 1.21 bits per heavy atom. The van der Waals surface area contributed by atoms with Crippen molar-refractivity contribution in [3.63, 3.8) is 0 Å². The Morgan fingerprint density at radius 3 is 2.47 bits per heavy atom. The summed E-state index contributed by atoms with van der Waals surface area (Å²) in [5.74, 6) is 0.0266. The number of aryl methyl sites for hydroxylation is 1. The van der Waals surface area contributed by atoms with Gasteiger partial charge in [0.1, 0.15) is 5.82 Å². The van der Waals surface area contributed by atoms with E-state index in [1.165, 1.54) is 24.3 Å². The van der Waals surface area contributed by atoms with Crippen molar-refractivity contribution in [3.8, 4) is 6.07 Å². The van der Waals surface area contributed by atoms with Gasteiger partial charge in [-0.1, -0.05) is 6.07 Å². The quantitative estimate of drug-likeness (QED) is 0.860. The average Bonchev–Trinajstić information content (AvgIpc) is 2.41. The van der Waals surface area contributed by atoms with Gasteiger partial charge in [0.05, 0.1) is 28.2 Å². The minimum Gasteiger partial charge on any atom is -0.254 e. The highest BCUT2D eigenvalue weighted by molar-refractivity contribution is 7.84. The first-order valence-corrected chi connectivity index (χ1v) is 7.05. The van der Waals surface area contributed by atoms with Crippen LogP contribution in [0.2, 0.25) is 0 Å². The molecule has 0 aliphatic carbocycles. The molecular formula is C15H12FNOS. The van der Waals surface area contributed by atoms with Gasteiger partial charge in [-0.05, 0) is 54.4 Å². The van der Waals surface area contributed by atoms with E-state index in [2.05, 4.69) is 6.07 Å². The molecule has 19 heavy (non-hydrogen) atoms. The van der Waals surface area contributed by atoms with Crippen molar-refractivity contribution in [2.45, 2.75) is 17.6 Å². The van der Waals surface area contributed by atoms with Crippen LogP contribution in [0, 0.1) is 24.1 Å². The number of hydrogen-bond donors (Lipinski definition) is 0. The monoisotopic (exact) mass is 273 g/mol. The summed E-state index contributed by atoms with van der Waals surface area (Å²) in [6.07, 6.45) is 0. The van der Waals surface area contributed by atoms with Gasteiger partial charge in [-0.3, -0.25) is 4.21 Å². The lowest BCUT2D eigenvalue weighted by Gasteiger charge is -2.06. The molecule has 0 saturated carbocycles. The Morgan fingerprint density at radius 2 is 1.89 bits per heavy atom. The van der Waals surface area contributed by atoms with Crippen molar-refractivity contribution in [2.75, 3.05) is 0 Å². The van der Waals surface area contributed by atoms with E-state index in [-0.39, 0.29) is 5.82 Å². The van der Waals surface area contributed by atoms with E-state index in [0.29, 0.717) is 16.2 Å². The van der Waals surface area contributed by atoms with Crippen LogP contribution in [-0.2, 0) is 16.6 Å². The minimum atomic E-state index is -1.21. The van der Waals surface area contributed by atoms with Gasteiger partial charge in [-0.25, -0.2) is 4.39 Å². The van der Waals surface area contributed by atoms with Gasteiger partial charge in [-0.15, -0.1) is 0 Å². The first-order valence-electron chi connectivity index (χ1n) is 5.74. The van der Waals surface area contributed by atoms with E-state index < -0.39 is 10.8 Å². The molecule has 0 spiro atoms. The van der Waals surface area contributed by atoms with Gasteiger partial charge in [0, 0.05) is 4.90 Å². The van der Waals surface area contributed by atoms with Gasteiger partial charge in [0.15, 0.2) is 0 Å². The summed E-state index contributed by atoms with van der Waals surface area (Å²) in [7, 11) is -1.21. The molecule has 0 amide bonds. The maximum atomic E-state index is 12.8. The number of rotatable bonds is 3. The molecule has 0 aromatic heterocycles. The van der Waals surface area contributed by atoms with Crippen molar-refractivity contribution in [2.24, 2.45) is 0 Å². The van der Waals surface area contributed by atoms with Crippen molar-refractivity contribution >= 4 is 10.8 Å². The van der Waals surface area contributed by atoms with Gasteiger partial charge < -0.3 is 0 Å². The van der Waals surface area contributed by atoms with Crippen LogP contribution in [0.1, 0.15) is 16.7 Å². The van der Waals surface area contributed by atoms with Gasteiger partial charge in [-0.2, -0.15) is 5.26 Å². The molecule has 2 aromatic rings. The number of hydrogen-bond acceptors (Lipinski definition) is 2. The highest BCUT2D eigenvalue weighted by Gasteiger charge is 2.08. The van der Waals surface area contributed by atoms with Crippen molar-refractivity contribution in [3.05, 3.63) is 65.0 Å². The van der Waals surface area contributed by atoms with E-state index >= 15 is 0 Å². The maximum Gasteiger partial charge on any atom is 0.123 e. The zero-order chi connectivity index (χ0) is 13.8. The highest BCUT2D eigenvalue weighted by Crippen LogP contribution is 2.17. The fourth-order valence-corrected chi connectivity index (χ4v) is 2.95. The van der Waals surface area contributed by atoms with Crippen LogP contribution in [0.15, 0.2) is 47.4 Å². The second-order valence-corrected chi connectivity index (χ2v) is 5.65. The molecule has 0 fully saturated rings. The molecule has 0 saturated heterocycles. The summed E-state index contributed by atoms with van der Waals surface area (Å²) in [5.41, 5.74) is 2.46. The molecule has 0 heterocycles. The molecule has 0 aliphatic heterocycles. The third-order valence-electron chi connectivity index (χ3n) is 2.83. The van der Waals surface area contributed by atoms with E-state index in [4.69, 9.17) is 5.26 Å². The van der Waals surface area contributed by atoms with Crippen LogP contribution in [0.5, 0.6) is 0 Å². The van der Waals surface area contributed by atoms with E-state index in [0.717, 1.165) is 11.1 Å². The molecular weight excluding hydrogens is 261 g/mol. The number of nitrogens with zero attached hydrogens (tertiary/aromatic N) is 1.